The van der Waals surface area contributed by atoms with Crippen LogP contribution in [0.3, 0.4) is 0 Å². The molecule has 0 aliphatic carbocycles. The minimum absolute atomic E-state index is 0.0532. The third-order valence-corrected chi connectivity index (χ3v) is 5.23. The van der Waals surface area contributed by atoms with Gasteiger partial charge in [0.25, 0.3) is 5.91 Å². The van der Waals surface area contributed by atoms with Gasteiger partial charge in [-0.15, -0.1) is 11.3 Å². The van der Waals surface area contributed by atoms with Gasteiger partial charge in [0.2, 0.25) is 0 Å². The fourth-order valence-corrected chi connectivity index (χ4v) is 3.65. The van der Waals surface area contributed by atoms with Crippen molar-refractivity contribution in [3.63, 3.8) is 0 Å². The second-order valence-corrected chi connectivity index (χ2v) is 8.23. The first-order chi connectivity index (χ1) is 12.7. The number of ketones is 1. The number of halogens is 1. The molecule has 27 heavy (non-hydrogen) atoms. The summed E-state index contributed by atoms with van der Waals surface area (Å²) in [5.74, 6) is -1.14. The molecule has 0 radical (unpaired) electrons. The highest BCUT2D eigenvalue weighted by atomic mass is 35.5. The van der Waals surface area contributed by atoms with Crippen molar-refractivity contribution in [2.24, 2.45) is 0 Å². The van der Waals surface area contributed by atoms with Gasteiger partial charge in [-0.2, -0.15) is 0 Å². The minimum Gasteiger partial charge on any atom is -0.453 e. The Morgan fingerprint density at radius 2 is 1.85 bits per heavy atom. The Bertz CT molecular complexity index is 875. The summed E-state index contributed by atoms with van der Waals surface area (Å²) in [5.41, 5.74) is 2.06. The van der Waals surface area contributed by atoms with Crippen LogP contribution in [-0.2, 0) is 14.3 Å². The van der Waals surface area contributed by atoms with Crippen LogP contribution in [0.1, 0.15) is 45.4 Å². The van der Waals surface area contributed by atoms with Crippen molar-refractivity contribution in [3.8, 4) is 0 Å². The van der Waals surface area contributed by atoms with Crippen molar-refractivity contribution in [1.29, 1.82) is 0 Å². The van der Waals surface area contributed by atoms with E-state index >= 15 is 0 Å². The van der Waals surface area contributed by atoms with Gasteiger partial charge in [-0.3, -0.25) is 14.4 Å². The summed E-state index contributed by atoms with van der Waals surface area (Å²) >= 11 is 7.48. The number of thiophene rings is 1. The van der Waals surface area contributed by atoms with E-state index in [2.05, 4.69) is 5.32 Å². The summed E-state index contributed by atoms with van der Waals surface area (Å²) in [5, 5.41) is 3.19. The molecule has 0 aliphatic heterocycles. The number of Topliss-reactive ketones (excluding diaryl/α,β-unsaturated/α-hetero) is 1. The lowest BCUT2D eigenvalue weighted by molar-refractivity contribution is -0.153. The van der Waals surface area contributed by atoms with Crippen LogP contribution >= 0.6 is 22.9 Å². The maximum atomic E-state index is 12.2. The molecule has 1 heterocycles. The Kier molecular flexibility index (Phi) is 7.16. The fourth-order valence-electron chi connectivity index (χ4n) is 2.53. The molecular weight excluding hydrogens is 386 g/mol. The fraction of sp³-hybridized carbons (Fsp3) is 0.350. The summed E-state index contributed by atoms with van der Waals surface area (Å²) in [4.78, 5) is 38.4. The number of benzene rings is 1. The smallest absolute Gasteiger partial charge is 0.307 e. The second-order valence-electron chi connectivity index (χ2n) is 6.33. The van der Waals surface area contributed by atoms with E-state index in [1.807, 2.05) is 26.8 Å². The summed E-state index contributed by atoms with van der Waals surface area (Å²) in [6.45, 7) is 7.14. The molecule has 7 heteroatoms. The largest absolute Gasteiger partial charge is 0.453 e. The molecule has 2 aromatic rings. The molecule has 1 aromatic carbocycles. The Morgan fingerprint density at radius 3 is 2.48 bits per heavy atom. The van der Waals surface area contributed by atoms with Gasteiger partial charge in [0.1, 0.15) is 0 Å². The number of aryl methyl sites for hydroxylation is 3. The topological polar surface area (TPSA) is 72.5 Å². The second kappa shape index (κ2) is 9.15. The van der Waals surface area contributed by atoms with E-state index in [1.54, 1.807) is 29.5 Å². The lowest BCUT2D eigenvalue weighted by Crippen LogP contribution is -2.30. The molecule has 2 rings (SSSR count). The van der Waals surface area contributed by atoms with Crippen LogP contribution in [0.2, 0.25) is 5.02 Å². The van der Waals surface area contributed by atoms with Gasteiger partial charge < -0.3 is 10.1 Å². The molecule has 0 saturated heterocycles. The molecule has 0 bridgehead atoms. The van der Waals surface area contributed by atoms with E-state index in [0.29, 0.717) is 16.3 Å². The van der Waals surface area contributed by atoms with Crippen LogP contribution in [-0.4, -0.2) is 23.8 Å². The Hall–Kier alpha value is -2.18. The van der Waals surface area contributed by atoms with Crippen LogP contribution in [0.4, 0.5) is 5.69 Å². The van der Waals surface area contributed by atoms with Crippen molar-refractivity contribution < 1.29 is 19.1 Å². The number of hydrogen-bond acceptors (Lipinski definition) is 5. The molecular formula is C20H22ClNO4S. The van der Waals surface area contributed by atoms with Crippen molar-refractivity contribution in [2.75, 3.05) is 5.32 Å². The summed E-state index contributed by atoms with van der Waals surface area (Å²) in [6, 6.07) is 6.97. The zero-order chi connectivity index (χ0) is 20.1. The number of amides is 1. The van der Waals surface area contributed by atoms with E-state index in [4.69, 9.17) is 16.3 Å². The van der Waals surface area contributed by atoms with Crippen molar-refractivity contribution in [1.82, 2.24) is 0 Å². The highest BCUT2D eigenvalue weighted by Gasteiger charge is 2.20. The number of rotatable bonds is 7. The Balaban J connectivity index is 1.85. The van der Waals surface area contributed by atoms with Crippen LogP contribution in [0.15, 0.2) is 24.3 Å². The van der Waals surface area contributed by atoms with Gasteiger partial charge in [0.15, 0.2) is 11.9 Å². The molecule has 1 amide bonds. The van der Waals surface area contributed by atoms with Crippen LogP contribution in [0.5, 0.6) is 0 Å². The van der Waals surface area contributed by atoms with E-state index in [-0.39, 0.29) is 18.6 Å². The predicted octanol–water partition coefficient (Wildman–Crippen LogP) is 4.86. The van der Waals surface area contributed by atoms with Gasteiger partial charge in [-0.1, -0.05) is 17.7 Å². The molecule has 1 atom stereocenters. The first-order valence-electron chi connectivity index (χ1n) is 8.54. The molecule has 0 unspecified atom stereocenters. The molecule has 0 saturated carbocycles. The normalized spacial score (nSPS) is 11.7. The van der Waals surface area contributed by atoms with Crippen molar-refractivity contribution >= 4 is 46.3 Å². The lowest BCUT2D eigenvalue weighted by Gasteiger charge is -2.15. The number of carbonyl (C=O) groups excluding carboxylic acids is 3. The average molecular weight is 408 g/mol. The summed E-state index contributed by atoms with van der Waals surface area (Å²) in [7, 11) is 0. The molecule has 5 nitrogen and oxygen atoms in total. The summed E-state index contributed by atoms with van der Waals surface area (Å²) in [6.07, 6.45) is -0.991. The SMILES string of the molecule is Cc1cc(C(=O)CCC(=O)O[C@H](C)C(=O)Nc2cc(Cl)ccc2C)c(C)s1. The van der Waals surface area contributed by atoms with E-state index < -0.39 is 18.0 Å². The summed E-state index contributed by atoms with van der Waals surface area (Å²) < 4.78 is 5.14. The first kappa shape index (κ1) is 21.1. The molecule has 1 N–H and O–H groups in total. The predicted molar refractivity (Wildman–Crippen MR) is 108 cm³/mol. The number of hydrogen-bond donors (Lipinski definition) is 1. The molecule has 0 aliphatic rings. The maximum absolute atomic E-state index is 12.2. The first-order valence-corrected chi connectivity index (χ1v) is 9.73. The van der Waals surface area contributed by atoms with E-state index in [9.17, 15) is 14.4 Å². The van der Waals surface area contributed by atoms with Gasteiger partial charge in [-0.05, 0) is 51.5 Å². The third kappa shape index (κ3) is 5.91. The van der Waals surface area contributed by atoms with Gasteiger partial charge in [0, 0.05) is 32.4 Å². The van der Waals surface area contributed by atoms with Crippen LogP contribution in [0, 0.1) is 20.8 Å². The molecule has 0 fully saturated rings. The number of anilines is 1. The third-order valence-electron chi connectivity index (χ3n) is 4.03. The Labute approximate surface area is 167 Å². The van der Waals surface area contributed by atoms with Gasteiger partial charge >= 0.3 is 5.97 Å². The molecule has 1 aromatic heterocycles. The monoisotopic (exact) mass is 407 g/mol. The highest BCUT2D eigenvalue weighted by Crippen LogP contribution is 2.23. The van der Waals surface area contributed by atoms with Gasteiger partial charge in [-0.25, -0.2) is 0 Å². The van der Waals surface area contributed by atoms with Crippen molar-refractivity contribution in [2.45, 2.75) is 46.6 Å². The molecule has 0 spiro atoms. The standard InChI is InChI=1S/C20H22ClNO4S/c1-11-5-6-15(21)10-17(11)22-20(25)13(3)26-19(24)8-7-18(23)16-9-12(2)27-14(16)4/h5-6,9-10,13H,7-8H2,1-4H3,(H,22,25)/t13-/m1/s1. The number of esters is 1. The number of ether oxygens (including phenoxy) is 1. The quantitative estimate of drug-likeness (QED) is 0.525. The zero-order valence-electron chi connectivity index (χ0n) is 15.7. The lowest BCUT2D eigenvalue weighted by atomic mass is 10.1. The van der Waals surface area contributed by atoms with Gasteiger partial charge in [0.05, 0.1) is 6.42 Å². The number of carbonyl (C=O) groups is 3. The van der Waals surface area contributed by atoms with E-state index in [0.717, 1.165) is 15.3 Å². The Morgan fingerprint density at radius 1 is 1.15 bits per heavy atom. The van der Waals surface area contributed by atoms with Crippen LogP contribution < -0.4 is 5.32 Å². The van der Waals surface area contributed by atoms with Crippen LogP contribution in [0.25, 0.3) is 0 Å². The van der Waals surface area contributed by atoms with Crippen molar-refractivity contribution in [3.05, 3.63) is 50.2 Å². The average Bonchev–Trinajstić information content (AvgIpc) is 2.94. The number of nitrogens with one attached hydrogen (secondary N) is 1. The zero-order valence-corrected chi connectivity index (χ0v) is 17.3. The minimum atomic E-state index is -0.976. The highest BCUT2D eigenvalue weighted by molar-refractivity contribution is 7.12. The van der Waals surface area contributed by atoms with E-state index in [1.165, 1.54) is 6.92 Å². The molecule has 144 valence electrons. The maximum Gasteiger partial charge on any atom is 0.307 e.